The van der Waals surface area contributed by atoms with Gasteiger partial charge in [-0.3, -0.25) is 4.79 Å². The summed E-state index contributed by atoms with van der Waals surface area (Å²) >= 11 is 0. The maximum absolute atomic E-state index is 13.5. The van der Waals surface area contributed by atoms with Gasteiger partial charge in [0.25, 0.3) is 0 Å². The van der Waals surface area contributed by atoms with Crippen molar-refractivity contribution in [1.82, 2.24) is 10.2 Å². The van der Waals surface area contributed by atoms with E-state index in [1.165, 1.54) is 6.07 Å². The van der Waals surface area contributed by atoms with Gasteiger partial charge in [0.15, 0.2) is 11.6 Å². The van der Waals surface area contributed by atoms with Crippen LogP contribution in [0.2, 0.25) is 0 Å². The number of carbonyl (C=O) groups is 1. The molecule has 0 spiro atoms. The zero-order chi connectivity index (χ0) is 15.9. The summed E-state index contributed by atoms with van der Waals surface area (Å²) in [5.41, 5.74) is 0.325. The van der Waals surface area contributed by atoms with Crippen LogP contribution in [0.4, 0.5) is 21.7 Å². The first kappa shape index (κ1) is 15.9. The first-order chi connectivity index (χ1) is 10.6. The molecule has 0 saturated heterocycles. The number of benzene rings is 1. The number of nitrogens with one attached hydrogen (secondary N) is 2. The van der Waals surface area contributed by atoms with Gasteiger partial charge in [-0.2, -0.15) is 0 Å². The minimum absolute atomic E-state index is 0.0296. The molecule has 2 aromatic rings. The quantitative estimate of drug-likeness (QED) is 0.853. The van der Waals surface area contributed by atoms with Crippen LogP contribution in [0, 0.1) is 11.7 Å². The molecule has 116 valence electrons. The van der Waals surface area contributed by atoms with Crippen LogP contribution in [-0.4, -0.2) is 16.1 Å². The van der Waals surface area contributed by atoms with Gasteiger partial charge >= 0.3 is 0 Å². The van der Waals surface area contributed by atoms with E-state index in [2.05, 4.69) is 20.8 Å². The topological polar surface area (TPSA) is 66.9 Å². The molecule has 1 amide bonds. The van der Waals surface area contributed by atoms with Crippen LogP contribution in [0.25, 0.3) is 0 Å². The van der Waals surface area contributed by atoms with E-state index in [1.54, 1.807) is 30.3 Å². The van der Waals surface area contributed by atoms with Gasteiger partial charge in [0.1, 0.15) is 5.82 Å². The summed E-state index contributed by atoms with van der Waals surface area (Å²) in [6, 6.07) is 9.59. The summed E-state index contributed by atoms with van der Waals surface area (Å²) in [5, 5.41) is 13.4. The normalized spacial score (nSPS) is 10.5. The number of halogens is 1. The molecule has 2 rings (SSSR count). The van der Waals surface area contributed by atoms with Crippen LogP contribution in [-0.2, 0) is 4.79 Å². The predicted octanol–water partition coefficient (Wildman–Crippen LogP) is 3.73. The van der Waals surface area contributed by atoms with Crippen molar-refractivity contribution in [3.8, 4) is 0 Å². The SMILES string of the molecule is CCC(CC)C(=O)Nc1ccc(Nc2ccccc2F)nn1. The third-order valence-electron chi connectivity index (χ3n) is 3.41. The summed E-state index contributed by atoms with van der Waals surface area (Å²) in [5.74, 6) is 0.337. The Labute approximate surface area is 129 Å². The van der Waals surface area contributed by atoms with Gasteiger partial charge in [0, 0.05) is 5.92 Å². The molecule has 0 radical (unpaired) electrons. The van der Waals surface area contributed by atoms with Crippen LogP contribution >= 0.6 is 0 Å². The van der Waals surface area contributed by atoms with E-state index in [1.807, 2.05) is 13.8 Å². The maximum Gasteiger partial charge on any atom is 0.228 e. The summed E-state index contributed by atoms with van der Waals surface area (Å²) in [4.78, 5) is 12.0. The van der Waals surface area contributed by atoms with Crippen molar-refractivity contribution in [1.29, 1.82) is 0 Å². The molecule has 1 aromatic carbocycles. The highest BCUT2D eigenvalue weighted by atomic mass is 19.1. The highest BCUT2D eigenvalue weighted by molar-refractivity contribution is 5.91. The zero-order valence-electron chi connectivity index (χ0n) is 12.6. The second-order valence-electron chi connectivity index (χ2n) is 4.91. The van der Waals surface area contributed by atoms with Crippen molar-refractivity contribution in [2.24, 2.45) is 5.92 Å². The van der Waals surface area contributed by atoms with Crippen molar-refractivity contribution in [2.75, 3.05) is 10.6 Å². The molecule has 22 heavy (non-hydrogen) atoms. The fraction of sp³-hybridized carbons (Fsp3) is 0.312. The van der Waals surface area contributed by atoms with Crippen LogP contribution in [0.1, 0.15) is 26.7 Å². The molecule has 5 nitrogen and oxygen atoms in total. The van der Waals surface area contributed by atoms with Gasteiger partial charge in [0.2, 0.25) is 5.91 Å². The van der Waals surface area contributed by atoms with Crippen LogP contribution < -0.4 is 10.6 Å². The van der Waals surface area contributed by atoms with E-state index in [0.717, 1.165) is 12.8 Å². The molecule has 0 unspecified atom stereocenters. The highest BCUT2D eigenvalue weighted by Crippen LogP contribution is 2.18. The number of anilines is 3. The van der Waals surface area contributed by atoms with Gasteiger partial charge in [-0.25, -0.2) is 4.39 Å². The monoisotopic (exact) mass is 302 g/mol. The lowest BCUT2D eigenvalue weighted by Crippen LogP contribution is -2.22. The lowest BCUT2D eigenvalue weighted by molar-refractivity contribution is -0.120. The Kier molecular flexibility index (Phi) is 5.41. The Morgan fingerprint density at radius 1 is 1.09 bits per heavy atom. The third kappa shape index (κ3) is 4.00. The van der Waals surface area contributed by atoms with Crippen molar-refractivity contribution >= 4 is 23.2 Å². The van der Waals surface area contributed by atoms with Gasteiger partial charge in [-0.15, -0.1) is 10.2 Å². The second kappa shape index (κ2) is 7.49. The summed E-state index contributed by atoms with van der Waals surface area (Å²) in [7, 11) is 0. The van der Waals surface area contributed by atoms with Crippen LogP contribution in [0.15, 0.2) is 36.4 Å². The smallest absolute Gasteiger partial charge is 0.228 e. The zero-order valence-corrected chi connectivity index (χ0v) is 12.6. The van der Waals surface area contributed by atoms with E-state index in [-0.39, 0.29) is 17.6 Å². The van der Waals surface area contributed by atoms with E-state index in [9.17, 15) is 9.18 Å². The molecule has 6 heteroatoms. The molecule has 0 saturated carbocycles. The first-order valence-corrected chi connectivity index (χ1v) is 7.30. The highest BCUT2D eigenvalue weighted by Gasteiger charge is 2.14. The number of aromatic nitrogens is 2. The Balaban J connectivity index is 2.02. The van der Waals surface area contributed by atoms with Gasteiger partial charge < -0.3 is 10.6 Å². The van der Waals surface area contributed by atoms with Crippen molar-refractivity contribution in [3.63, 3.8) is 0 Å². The Hall–Kier alpha value is -2.50. The van der Waals surface area contributed by atoms with E-state index >= 15 is 0 Å². The standard InChI is InChI=1S/C16H19FN4O/c1-3-11(4-2)16(22)19-15-10-9-14(20-21-15)18-13-8-6-5-7-12(13)17/h5-11H,3-4H2,1-2H3,(H,18,20)(H,19,21,22). The summed E-state index contributed by atoms with van der Waals surface area (Å²) in [6.07, 6.45) is 1.56. The number of carbonyl (C=O) groups excluding carboxylic acids is 1. The molecule has 0 aliphatic rings. The minimum atomic E-state index is -0.365. The van der Waals surface area contributed by atoms with Gasteiger partial charge in [-0.05, 0) is 37.1 Å². The number of rotatable bonds is 6. The molecule has 1 aromatic heterocycles. The largest absolute Gasteiger partial charge is 0.336 e. The number of amides is 1. The lowest BCUT2D eigenvalue weighted by atomic mass is 10.0. The Morgan fingerprint density at radius 3 is 2.32 bits per heavy atom. The molecule has 0 aliphatic heterocycles. The molecule has 2 N–H and O–H groups in total. The second-order valence-corrected chi connectivity index (χ2v) is 4.91. The van der Waals surface area contributed by atoms with E-state index < -0.39 is 0 Å². The van der Waals surface area contributed by atoms with E-state index in [0.29, 0.717) is 17.3 Å². The van der Waals surface area contributed by atoms with Gasteiger partial charge in [-0.1, -0.05) is 26.0 Å². The number of para-hydroxylation sites is 1. The Morgan fingerprint density at radius 2 is 1.73 bits per heavy atom. The molecular weight excluding hydrogens is 283 g/mol. The van der Waals surface area contributed by atoms with Crippen molar-refractivity contribution in [3.05, 3.63) is 42.2 Å². The van der Waals surface area contributed by atoms with Gasteiger partial charge in [0.05, 0.1) is 5.69 Å². The Bertz CT molecular complexity index is 626. The number of nitrogens with zero attached hydrogens (tertiary/aromatic N) is 2. The molecule has 1 heterocycles. The average molecular weight is 302 g/mol. The van der Waals surface area contributed by atoms with Crippen LogP contribution in [0.3, 0.4) is 0 Å². The number of hydrogen-bond acceptors (Lipinski definition) is 4. The fourth-order valence-electron chi connectivity index (χ4n) is 2.05. The minimum Gasteiger partial charge on any atom is -0.336 e. The average Bonchev–Trinajstić information content (AvgIpc) is 2.52. The molecule has 0 atom stereocenters. The summed E-state index contributed by atoms with van der Waals surface area (Å²) < 4.78 is 13.5. The maximum atomic E-state index is 13.5. The molecular formula is C16H19FN4O. The number of hydrogen-bond donors (Lipinski definition) is 2. The molecule has 0 aliphatic carbocycles. The first-order valence-electron chi connectivity index (χ1n) is 7.30. The van der Waals surface area contributed by atoms with Crippen LogP contribution in [0.5, 0.6) is 0 Å². The lowest BCUT2D eigenvalue weighted by Gasteiger charge is -2.12. The molecule has 0 fully saturated rings. The predicted molar refractivity (Wildman–Crippen MR) is 84.4 cm³/mol. The third-order valence-corrected chi connectivity index (χ3v) is 3.41. The van der Waals surface area contributed by atoms with Crippen molar-refractivity contribution < 1.29 is 9.18 Å². The van der Waals surface area contributed by atoms with E-state index in [4.69, 9.17) is 0 Å². The summed E-state index contributed by atoms with van der Waals surface area (Å²) in [6.45, 7) is 3.95. The van der Waals surface area contributed by atoms with Crippen molar-refractivity contribution in [2.45, 2.75) is 26.7 Å². The molecule has 0 bridgehead atoms. The fourth-order valence-corrected chi connectivity index (χ4v) is 2.05.